The van der Waals surface area contributed by atoms with Crippen LogP contribution in [-0.2, 0) is 11.2 Å². The van der Waals surface area contributed by atoms with E-state index < -0.39 is 4.92 Å². The van der Waals surface area contributed by atoms with Crippen LogP contribution in [0, 0.1) is 10.1 Å². The second kappa shape index (κ2) is 8.47. The average Bonchev–Trinajstić information content (AvgIpc) is 2.60. The third kappa shape index (κ3) is 4.95. The standard InChI is InChI=1S/C18H18N2O4/c1-24-17-5-3-2-4-15(17)12-13-19-18(21)11-8-14-6-9-16(10-7-14)20(22)23/h2-11H,12-13H2,1H3,(H,19,21)/b11-8+. The van der Waals surface area contributed by atoms with Crippen molar-refractivity contribution in [2.24, 2.45) is 0 Å². The molecule has 0 heterocycles. The number of amides is 1. The summed E-state index contributed by atoms with van der Waals surface area (Å²) in [6, 6.07) is 13.7. The van der Waals surface area contributed by atoms with E-state index in [4.69, 9.17) is 4.74 Å². The fraction of sp³-hybridized carbons (Fsp3) is 0.167. The zero-order chi connectivity index (χ0) is 17.4. The summed E-state index contributed by atoms with van der Waals surface area (Å²) in [5.74, 6) is 0.580. The van der Waals surface area contributed by atoms with Gasteiger partial charge in [-0.3, -0.25) is 14.9 Å². The van der Waals surface area contributed by atoms with Crippen molar-refractivity contribution >= 4 is 17.7 Å². The number of hydrogen-bond acceptors (Lipinski definition) is 4. The molecule has 0 aliphatic heterocycles. The lowest BCUT2D eigenvalue weighted by Crippen LogP contribution is -2.23. The summed E-state index contributed by atoms with van der Waals surface area (Å²) in [6.07, 6.45) is 3.69. The largest absolute Gasteiger partial charge is 0.496 e. The number of hydrogen-bond donors (Lipinski definition) is 1. The molecule has 2 aromatic carbocycles. The van der Waals surface area contributed by atoms with Gasteiger partial charge in [-0.25, -0.2) is 0 Å². The smallest absolute Gasteiger partial charge is 0.269 e. The third-order valence-corrected chi connectivity index (χ3v) is 3.42. The first-order valence-corrected chi connectivity index (χ1v) is 7.42. The van der Waals surface area contributed by atoms with Crippen molar-refractivity contribution in [3.63, 3.8) is 0 Å². The molecule has 0 spiro atoms. The molecule has 0 aliphatic carbocycles. The van der Waals surface area contributed by atoms with Crippen LogP contribution in [0.1, 0.15) is 11.1 Å². The van der Waals surface area contributed by atoms with Crippen LogP contribution in [0.15, 0.2) is 54.6 Å². The van der Waals surface area contributed by atoms with E-state index in [0.29, 0.717) is 13.0 Å². The van der Waals surface area contributed by atoms with Gasteiger partial charge in [0.2, 0.25) is 5.91 Å². The summed E-state index contributed by atoms with van der Waals surface area (Å²) >= 11 is 0. The minimum atomic E-state index is -0.460. The molecule has 2 aromatic rings. The van der Waals surface area contributed by atoms with Crippen LogP contribution in [0.3, 0.4) is 0 Å². The first-order chi connectivity index (χ1) is 11.6. The van der Waals surface area contributed by atoms with Gasteiger partial charge in [-0.2, -0.15) is 0 Å². The molecule has 0 aliphatic rings. The Morgan fingerprint density at radius 3 is 2.58 bits per heavy atom. The molecule has 124 valence electrons. The summed E-state index contributed by atoms with van der Waals surface area (Å²) in [5, 5.41) is 13.4. The molecule has 1 N–H and O–H groups in total. The molecular weight excluding hydrogens is 308 g/mol. The topological polar surface area (TPSA) is 81.5 Å². The zero-order valence-electron chi connectivity index (χ0n) is 13.3. The van der Waals surface area contributed by atoms with Crippen molar-refractivity contribution < 1.29 is 14.5 Å². The molecule has 0 saturated heterocycles. The maximum Gasteiger partial charge on any atom is 0.269 e. The van der Waals surface area contributed by atoms with Crippen LogP contribution in [0.5, 0.6) is 5.75 Å². The molecule has 0 aromatic heterocycles. The SMILES string of the molecule is COc1ccccc1CCNC(=O)/C=C/c1ccc([N+](=O)[O-])cc1. The Morgan fingerprint density at radius 1 is 1.21 bits per heavy atom. The minimum Gasteiger partial charge on any atom is -0.496 e. The van der Waals surface area contributed by atoms with Gasteiger partial charge in [-0.15, -0.1) is 0 Å². The number of rotatable bonds is 7. The minimum absolute atomic E-state index is 0.0217. The van der Waals surface area contributed by atoms with Crippen molar-refractivity contribution in [2.45, 2.75) is 6.42 Å². The lowest BCUT2D eigenvalue weighted by molar-refractivity contribution is -0.384. The number of carbonyl (C=O) groups excluding carboxylic acids is 1. The van der Waals surface area contributed by atoms with Gasteiger partial charge < -0.3 is 10.1 Å². The number of nitro benzene ring substituents is 1. The van der Waals surface area contributed by atoms with Gasteiger partial charge in [0, 0.05) is 24.8 Å². The number of carbonyl (C=O) groups is 1. The highest BCUT2D eigenvalue weighted by Gasteiger charge is 2.04. The van der Waals surface area contributed by atoms with Gasteiger partial charge in [-0.05, 0) is 41.8 Å². The molecule has 0 unspecified atom stereocenters. The Kier molecular flexibility index (Phi) is 6.08. The normalized spacial score (nSPS) is 10.5. The van der Waals surface area contributed by atoms with Crippen molar-refractivity contribution in [2.75, 3.05) is 13.7 Å². The molecule has 6 nitrogen and oxygen atoms in total. The monoisotopic (exact) mass is 326 g/mol. The van der Waals surface area contributed by atoms with Gasteiger partial charge in [0.15, 0.2) is 0 Å². The number of ether oxygens (including phenoxy) is 1. The number of nitrogens with one attached hydrogen (secondary N) is 1. The molecule has 0 fully saturated rings. The van der Waals surface area contributed by atoms with E-state index in [0.717, 1.165) is 16.9 Å². The van der Waals surface area contributed by atoms with E-state index in [9.17, 15) is 14.9 Å². The van der Waals surface area contributed by atoms with Crippen molar-refractivity contribution in [3.8, 4) is 5.75 Å². The van der Waals surface area contributed by atoms with Crippen molar-refractivity contribution in [3.05, 3.63) is 75.8 Å². The van der Waals surface area contributed by atoms with E-state index in [1.54, 1.807) is 25.3 Å². The van der Waals surface area contributed by atoms with E-state index in [-0.39, 0.29) is 11.6 Å². The van der Waals surface area contributed by atoms with Crippen LogP contribution in [-0.4, -0.2) is 24.5 Å². The Labute approximate surface area is 139 Å². The first-order valence-electron chi connectivity index (χ1n) is 7.42. The van der Waals surface area contributed by atoms with Crippen LogP contribution >= 0.6 is 0 Å². The van der Waals surface area contributed by atoms with Gasteiger partial charge >= 0.3 is 0 Å². The number of nitrogens with zero attached hydrogens (tertiary/aromatic N) is 1. The van der Waals surface area contributed by atoms with Gasteiger partial charge in [0.1, 0.15) is 5.75 Å². The second-order valence-corrected chi connectivity index (χ2v) is 5.03. The number of methoxy groups -OCH3 is 1. The first kappa shape index (κ1) is 17.2. The number of para-hydroxylation sites is 1. The Bertz CT molecular complexity index is 739. The van der Waals surface area contributed by atoms with Crippen LogP contribution < -0.4 is 10.1 Å². The van der Waals surface area contributed by atoms with Crippen LogP contribution in [0.2, 0.25) is 0 Å². The lowest BCUT2D eigenvalue weighted by Gasteiger charge is -2.08. The van der Waals surface area contributed by atoms with Gasteiger partial charge in [0.05, 0.1) is 12.0 Å². The zero-order valence-corrected chi connectivity index (χ0v) is 13.3. The molecule has 24 heavy (non-hydrogen) atoms. The summed E-state index contributed by atoms with van der Waals surface area (Å²) in [7, 11) is 1.62. The lowest BCUT2D eigenvalue weighted by atomic mass is 10.1. The van der Waals surface area contributed by atoms with E-state index in [1.165, 1.54) is 18.2 Å². The highest BCUT2D eigenvalue weighted by Crippen LogP contribution is 2.17. The molecule has 6 heteroatoms. The van der Waals surface area contributed by atoms with Crippen molar-refractivity contribution in [1.29, 1.82) is 0 Å². The molecule has 1 amide bonds. The van der Waals surface area contributed by atoms with E-state index >= 15 is 0 Å². The average molecular weight is 326 g/mol. The molecule has 0 saturated carbocycles. The summed E-state index contributed by atoms with van der Waals surface area (Å²) in [5.41, 5.74) is 1.77. The predicted molar refractivity (Wildman–Crippen MR) is 91.8 cm³/mol. The van der Waals surface area contributed by atoms with E-state index in [1.807, 2.05) is 24.3 Å². The molecule has 0 bridgehead atoms. The van der Waals surface area contributed by atoms with Gasteiger partial charge in [0.25, 0.3) is 5.69 Å². The van der Waals surface area contributed by atoms with Crippen molar-refractivity contribution in [1.82, 2.24) is 5.32 Å². The maximum atomic E-state index is 11.8. The summed E-state index contributed by atoms with van der Waals surface area (Å²) in [4.78, 5) is 21.9. The molecule has 0 atom stereocenters. The maximum absolute atomic E-state index is 11.8. The highest BCUT2D eigenvalue weighted by atomic mass is 16.6. The molecule has 2 rings (SSSR count). The fourth-order valence-electron chi connectivity index (χ4n) is 2.17. The molecular formula is C18H18N2O4. The van der Waals surface area contributed by atoms with Crippen LogP contribution in [0.25, 0.3) is 6.08 Å². The quantitative estimate of drug-likeness (QED) is 0.482. The summed E-state index contributed by atoms with van der Waals surface area (Å²) < 4.78 is 5.26. The van der Waals surface area contributed by atoms with Crippen LogP contribution in [0.4, 0.5) is 5.69 Å². The second-order valence-electron chi connectivity index (χ2n) is 5.03. The number of benzene rings is 2. The summed E-state index contributed by atoms with van der Waals surface area (Å²) in [6.45, 7) is 0.490. The van der Waals surface area contributed by atoms with E-state index in [2.05, 4.69) is 5.32 Å². The fourth-order valence-corrected chi connectivity index (χ4v) is 2.17. The number of nitro groups is 1. The predicted octanol–water partition coefficient (Wildman–Crippen LogP) is 2.98. The Morgan fingerprint density at radius 2 is 1.92 bits per heavy atom. The highest BCUT2D eigenvalue weighted by molar-refractivity contribution is 5.91. The Balaban J connectivity index is 1.83. The Hall–Kier alpha value is -3.15. The molecule has 0 radical (unpaired) electrons. The number of non-ortho nitro benzene ring substituents is 1. The third-order valence-electron chi connectivity index (χ3n) is 3.42. The van der Waals surface area contributed by atoms with Gasteiger partial charge in [-0.1, -0.05) is 18.2 Å².